The van der Waals surface area contributed by atoms with Gasteiger partial charge in [-0.25, -0.2) is 4.79 Å². The van der Waals surface area contributed by atoms with E-state index in [1.807, 2.05) is 57.2 Å². The first kappa shape index (κ1) is 20.5. The lowest BCUT2D eigenvalue weighted by atomic mass is 9.99. The maximum absolute atomic E-state index is 12.8. The number of carbonyl (C=O) groups is 1. The average molecular weight is 393 g/mol. The van der Waals surface area contributed by atoms with Crippen molar-refractivity contribution in [3.05, 3.63) is 77.2 Å². The molecular formula is C22H27N5O2. The number of amides is 2. The van der Waals surface area contributed by atoms with Crippen molar-refractivity contribution in [2.75, 3.05) is 13.6 Å². The van der Waals surface area contributed by atoms with Gasteiger partial charge in [0.05, 0.1) is 6.04 Å². The molecule has 7 heteroatoms. The van der Waals surface area contributed by atoms with Gasteiger partial charge in [-0.1, -0.05) is 48.8 Å². The number of aromatic nitrogens is 3. The second-order valence-corrected chi connectivity index (χ2v) is 7.45. The van der Waals surface area contributed by atoms with E-state index < -0.39 is 0 Å². The number of nitrogens with one attached hydrogen (secondary N) is 1. The van der Waals surface area contributed by atoms with Gasteiger partial charge >= 0.3 is 6.03 Å². The van der Waals surface area contributed by atoms with E-state index in [1.165, 1.54) is 5.56 Å². The van der Waals surface area contributed by atoms with E-state index >= 15 is 0 Å². The molecule has 1 N–H and O–H groups in total. The second-order valence-electron chi connectivity index (χ2n) is 7.45. The topological polar surface area (TPSA) is 84.2 Å². The molecule has 0 saturated carbocycles. The van der Waals surface area contributed by atoms with Crippen molar-refractivity contribution in [3.8, 4) is 0 Å². The third-order valence-electron chi connectivity index (χ3n) is 4.71. The van der Waals surface area contributed by atoms with E-state index in [9.17, 15) is 4.79 Å². The number of aryl methyl sites for hydroxylation is 1. The van der Waals surface area contributed by atoms with Crippen LogP contribution in [0, 0.1) is 6.92 Å². The predicted octanol–water partition coefficient (Wildman–Crippen LogP) is 3.87. The molecule has 152 valence electrons. The Morgan fingerprint density at radius 3 is 2.38 bits per heavy atom. The van der Waals surface area contributed by atoms with Crippen LogP contribution < -0.4 is 5.32 Å². The predicted molar refractivity (Wildman–Crippen MR) is 111 cm³/mol. The van der Waals surface area contributed by atoms with Gasteiger partial charge in [0, 0.05) is 38.3 Å². The number of rotatable bonds is 7. The van der Waals surface area contributed by atoms with Crippen molar-refractivity contribution >= 4 is 6.03 Å². The standard InChI is InChI=1S/C22H27N5O2/c1-15(2)21-24-19(26-29-21)11-14-27(4)22(28)25-20(18-9-12-23-13-10-18)17-7-5-16(3)6-8-17/h5-10,12-13,15,20H,11,14H2,1-4H3,(H,25,28)/t20-/m1/s1. The number of hydrogen-bond donors (Lipinski definition) is 1. The van der Waals surface area contributed by atoms with Gasteiger partial charge in [0.25, 0.3) is 0 Å². The number of nitrogens with zero attached hydrogens (tertiary/aromatic N) is 4. The zero-order valence-corrected chi connectivity index (χ0v) is 17.3. The highest BCUT2D eigenvalue weighted by atomic mass is 16.5. The molecule has 2 amide bonds. The quantitative estimate of drug-likeness (QED) is 0.659. The van der Waals surface area contributed by atoms with Crippen LogP contribution in [0.1, 0.15) is 54.2 Å². The summed E-state index contributed by atoms with van der Waals surface area (Å²) >= 11 is 0. The third-order valence-corrected chi connectivity index (χ3v) is 4.71. The molecular weight excluding hydrogens is 366 g/mol. The lowest BCUT2D eigenvalue weighted by Gasteiger charge is -2.24. The van der Waals surface area contributed by atoms with Gasteiger partial charge in [-0.05, 0) is 30.2 Å². The van der Waals surface area contributed by atoms with Gasteiger partial charge in [-0.15, -0.1) is 0 Å². The van der Waals surface area contributed by atoms with E-state index in [-0.39, 0.29) is 18.0 Å². The van der Waals surface area contributed by atoms with Crippen molar-refractivity contribution in [2.45, 2.75) is 39.2 Å². The van der Waals surface area contributed by atoms with Gasteiger partial charge in [0.2, 0.25) is 5.89 Å². The summed E-state index contributed by atoms with van der Waals surface area (Å²) in [5.74, 6) is 1.41. The highest BCUT2D eigenvalue weighted by Crippen LogP contribution is 2.22. The summed E-state index contributed by atoms with van der Waals surface area (Å²) in [6, 6.07) is 11.6. The van der Waals surface area contributed by atoms with Crippen LogP contribution in [0.3, 0.4) is 0 Å². The number of benzene rings is 1. The Morgan fingerprint density at radius 1 is 1.10 bits per heavy atom. The zero-order chi connectivity index (χ0) is 20.8. The lowest BCUT2D eigenvalue weighted by molar-refractivity contribution is 0.206. The first-order valence-electron chi connectivity index (χ1n) is 9.74. The average Bonchev–Trinajstić information content (AvgIpc) is 3.21. The van der Waals surface area contributed by atoms with E-state index in [2.05, 4.69) is 20.4 Å². The first-order chi connectivity index (χ1) is 13.9. The molecule has 0 saturated heterocycles. The summed E-state index contributed by atoms with van der Waals surface area (Å²) in [5.41, 5.74) is 3.17. The number of urea groups is 1. The van der Waals surface area contributed by atoms with E-state index in [4.69, 9.17) is 4.52 Å². The van der Waals surface area contributed by atoms with Crippen LogP contribution in [-0.2, 0) is 6.42 Å². The molecule has 0 fully saturated rings. The summed E-state index contributed by atoms with van der Waals surface area (Å²) in [4.78, 5) is 22.9. The summed E-state index contributed by atoms with van der Waals surface area (Å²) in [7, 11) is 1.76. The fourth-order valence-electron chi connectivity index (χ4n) is 2.88. The van der Waals surface area contributed by atoms with Crippen LogP contribution in [0.2, 0.25) is 0 Å². The molecule has 3 rings (SSSR count). The maximum Gasteiger partial charge on any atom is 0.317 e. The molecule has 0 radical (unpaired) electrons. The van der Waals surface area contributed by atoms with Crippen LogP contribution in [0.25, 0.3) is 0 Å². The molecule has 2 aromatic heterocycles. The van der Waals surface area contributed by atoms with Crippen LogP contribution in [0.4, 0.5) is 4.79 Å². The Bertz CT molecular complexity index is 922. The molecule has 7 nitrogen and oxygen atoms in total. The summed E-state index contributed by atoms with van der Waals surface area (Å²) < 4.78 is 5.22. The summed E-state index contributed by atoms with van der Waals surface area (Å²) in [6.45, 7) is 6.53. The number of carbonyl (C=O) groups excluding carboxylic acids is 1. The molecule has 0 aliphatic heterocycles. The summed E-state index contributed by atoms with van der Waals surface area (Å²) in [6.07, 6.45) is 3.99. The zero-order valence-electron chi connectivity index (χ0n) is 17.3. The smallest absolute Gasteiger partial charge is 0.317 e. The van der Waals surface area contributed by atoms with E-state index in [1.54, 1.807) is 24.3 Å². The number of hydrogen-bond acceptors (Lipinski definition) is 5. The Labute approximate surface area is 171 Å². The van der Waals surface area contributed by atoms with Gasteiger partial charge < -0.3 is 14.7 Å². The molecule has 3 aromatic rings. The Morgan fingerprint density at radius 2 is 1.76 bits per heavy atom. The van der Waals surface area contributed by atoms with Crippen molar-refractivity contribution in [2.24, 2.45) is 0 Å². The van der Waals surface area contributed by atoms with Gasteiger partial charge in [-0.2, -0.15) is 4.98 Å². The van der Waals surface area contributed by atoms with E-state index in [0.29, 0.717) is 24.7 Å². The van der Waals surface area contributed by atoms with Crippen molar-refractivity contribution in [1.29, 1.82) is 0 Å². The summed E-state index contributed by atoms with van der Waals surface area (Å²) in [5, 5.41) is 7.11. The highest BCUT2D eigenvalue weighted by Gasteiger charge is 2.19. The van der Waals surface area contributed by atoms with E-state index in [0.717, 1.165) is 11.1 Å². The first-order valence-corrected chi connectivity index (χ1v) is 9.74. The van der Waals surface area contributed by atoms with Gasteiger partial charge in [0.15, 0.2) is 5.82 Å². The van der Waals surface area contributed by atoms with Crippen molar-refractivity contribution < 1.29 is 9.32 Å². The third kappa shape index (κ3) is 5.40. The van der Waals surface area contributed by atoms with Crippen molar-refractivity contribution in [3.63, 3.8) is 0 Å². The Balaban J connectivity index is 1.67. The largest absolute Gasteiger partial charge is 0.339 e. The van der Waals surface area contributed by atoms with Gasteiger partial charge in [0.1, 0.15) is 0 Å². The fourth-order valence-corrected chi connectivity index (χ4v) is 2.88. The minimum atomic E-state index is -0.258. The molecule has 1 aromatic carbocycles. The van der Waals surface area contributed by atoms with Crippen LogP contribution in [0.5, 0.6) is 0 Å². The van der Waals surface area contributed by atoms with Crippen LogP contribution >= 0.6 is 0 Å². The molecule has 1 atom stereocenters. The SMILES string of the molecule is Cc1ccc([C@@H](NC(=O)N(C)CCc2noc(C(C)C)n2)c2ccncc2)cc1. The Kier molecular flexibility index (Phi) is 6.59. The number of pyridine rings is 1. The molecule has 0 aliphatic rings. The second kappa shape index (κ2) is 9.32. The monoisotopic (exact) mass is 393 g/mol. The van der Waals surface area contributed by atoms with Gasteiger partial charge in [-0.3, -0.25) is 4.98 Å². The molecule has 0 aliphatic carbocycles. The van der Waals surface area contributed by atoms with Crippen molar-refractivity contribution in [1.82, 2.24) is 25.3 Å². The molecule has 0 spiro atoms. The lowest BCUT2D eigenvalue weighted by Crippen LogP contribution is -2.40. The van der Waals surface area contributed by atoms with Crippen LogP contribution in [0.15, 0.2) is 53.3 Å². The molecule has 2 heterocycles. The fraction of sp³-hybridized carbons (Fsp3) is 0.364. The highest BCUT2D eigenvalue weighted by molar-refractivity contribution is 5.75. The number of likely N-dealkylation sites (N-methyl/N-ethyl adjacent to an activating group) is 1. The normalized spacial score (nSPS) is 12.0. The molecule has 29 heavy (non-hydrogen) atoms. The molecule has 0 unspecified atom stereocenters. The minimum Gasteiger partial charge on any atom is -0.339 e. The minimum absolute atomic E-state index is 0.167. The van der Waals surface area contributed by atoms with Crippen LogP contribution in [-0.4, -0.2) is 39.6 Å². The Hall–Kier alpha value is -3.22. The maximum atomic E-state index is 12.8. The molecule has 0 bridgehead atoms.